The lowest BCUT2D eigenvalue weighted by molar-refractivity contribution is 0.0525. The Kier molecular flexibility index (Phi) is 6.39. The van der Waals surface area contributed by atoms with Gasteiger partial charge in [0.15, 0.2) is 0 Å². The molecule has 0 atom stereocenters. The van der Waals surface area contributed by atoms with Crippen LogP contribution >= 0.6 is 0 Å². The third kappa shape index (κ3) is 3.96. The van der Waals surface area contributed by atoms with Gasteiger partial charge in [0.25, 0.3) is 0 Å². The number of carbonyl (C=O) groups excluding carboxylic acids is 1. The molecular formula is C15H19NO3. The summed E-state index contributed by atoms with van der Waals surface area (Å²) in [6, 6.07) is 1.64. The minimum Gasteiger partial charge on any atom is -0.463 e. The minimum absolute atomic E-state index is 0.345. The molecule has 0 spiro atoms. The van der Waals surface area contributed by atoms with Gasteiger partial charge in [0.1, 0.15) is 11.3 Å². The maximum absolute atomic E-state index is 11.7. The topological polar surface area (TPSA) is 65.5 Å². The first-order valence-electron chi connectivity index (χ1n) is 6.19. The van der Waals surface area contributed by atoms with Crippen molar-refractivity contribution in [3.8, 4) is 0 Å². The van der Waals surface area contributed by atoms with Gasteiger partial charge in [0.05, 0.1) is 12.9 Å². The van der Waals surface area contributed by atoms with Gasteiger partial charge in [-0.1, -0.05) is 30.4 Å². The molecule has 0 amide bonds. The lowest BCUT2D eigenvalue weighted by atomic mass is 10.1. The SMILES string of the molecule is CCOC(=O)c1ccoc1C1=CCC=CC=C1.CN. The highest BCUT2D eigenvalue weighted by atomic mass is 16.5. The first-order valence-corrected chi connectivity index (χ1v) is 6.19. The Morgan fingerprint density at radius 3 is 2.95 bits per heavy atom. The smallest absolute Gasteiger partial charge is 0.342 e. The van der Waals surface area contributed by atoms with Crippen LogP contribution in [-0.4, -0.2) is 19.6 Å². The van der Waals surface area contributed by atoms with Crippen LogP contribution < -0.4 is 5.73 Å². The molecule has 0 aromatic carbocycles. The highest BCUT2D eigenvalue weighted by Crippen LogP contribution is 2.24. The molecule has 0 unspecified atom stereocenters. The van der Waals surface area contributed by atoms with Crippen molar-refractivity contribution in [2.75, 3.05) is 13.7 Å². The second kappa shape index (κ2) is 8.11. The summed E-state index contributed by atoms with van der Waals surface area (Å²) in [6.07, 6.45) is 12.2. The highest BCUT2D eigenvalue weighted by Gasteiger charge is 2.17. The number of esters is 1. The third-order valence-electron chi connectivity index (χ3n) is 2.42. The van der Waals surface area contributed by atoms with Crippen molar-refractivity contribution in [2.45, 2.75) is 13.3 Å². The maximum atomic E-state index is 11.7. The molecule has 2 N–H and O–H groups in total. The van der Waals surface area contributed by atoms with Gasteiger partial charge in [-0.2, -0.15) is 0 Å². The zero-order chi connectivity index (χ0) is 14.1. The summed E-state index contributed by atoms with van der Waals surface area (Å²) in [5.41, 5.74) is 5.88. The molecule has 0 bridgehead atoms. The molecule has 1 aromatic heterocycles. The number of nitrogens with two attached hydrogens (primary N) is 1. The molecule has 1 heterocycles. The van der Waals surface area contributed by atoms with Gasteiger partial charge in [-0.05, 0) is 26.5 Å². The number of rotatable bonds is 3. The van der Waals surface area contributed by atoms with Crippen LogP contribution in [0.3, 0.4) is 0 Å². The number of carbonyl (C=O) groups is 1. The molecule has 0 fully saturated rings. The van der Waals surface area contributed by atoms with E-state index in [0.29, 0.717) is 17.9 Å². The van der Waals surface area contributed by atoms with Crippen molar-refractivity contribution >= 4 is 11.5 Å². The first kappa shape index (κ1) is 15.0. The monoisotopic (exact) mass is 261 g/mol. The van der Waals surface area contributed by atoms with E-state index in [1.807, 2.05) is 30.4 Å². The molecule has 0 saturated carbocycles. The van der Waals surface area contributed by atoms with E-state index in [1.54, 1.807) is 13.0 Å². The quantitative estimate of drug-likeness (QED) is 0.849. The van der Waals surface area contributed by atoms with E-state index in [1.165, 1.54) is 13.3 Å². The van der Waals surface area contributed by atoms with Crippen molar-refractivity contribution in [1.82, 2.24) is 0 Å². The standard InChI is InChI=1S/C14H14O3.CH5N/c1-2-16-14(15)12-9-10-17-13(12)11-7-5-3-4-6-8-11;1-2/h3-5,7-10H,2,6H2,1H3;2H2,1H3. The summed E-state index contributed by atoms with van der Waals surface area (Å²) in [4.78, 5) is 11.7. The molecule has 0 radical (unpaired) electrons. The van der Waals surface area contributed by atoms with E-state index in [2.05, 4.69) is 5.73 Å². The second-order valence-electron chi connectivity index (χ2n) is 3.57. The van der Waals surface area contributed by atoms with Crippen molar-refractivity contribution in [3.05, 3.63) is 54.0 Å². The predicted molar refractivity (Wildman–Crippen MR) is 75.6 cm³/mol. The second-order valence-corrected chi connectivity index (χ2v) is 3.57. The number of allylic oxidation sites excluding steroid dienone is 6. The van der Waals surface area contributed by atoms with Crippen LogP contribution in [0.1, 0.15) is 29.5 Å². The molecule has 4 heteroatoms. The fourth-order valence-corrected chi connectivity index (χ4v) is 1.65. The third-order valence-corrected chi connectivity index (χ3v) is 2.42. The Morgan fingerprint density at radius 1 is 1.42 bits per heavy atom. The lowest BCUT2D eigenvalue weighted by Gasteiger charge is -2.03. The van der Waals surface area contributed by atoms with E-state index in [-0.39, 0.29) is 5.97 Å². The fraction of sp³-hybridized carbons (Fsp3) is 0.267. The summed E-state index contributed by atoms with van der Waals surface area (Å²) in [6.45, 7) is 2.15. The Hall–Kier alpha value is -2.07. The van der Waals surface area contributed by atoms with E-state index in [0.717, 1.165) is 12.0 Å². The van der Waals surface area contributed by atoms with E-state index in [9.17, 15) is 4.79 Å². The number of hydrogen-bond donors (Lipinski definition) is 1. The van der Waals surface area contributed by atoms with Crippen molar-refractivity contribution in [1.29, 1.82) is 0 Å². The van der Waals surface area contributed by atoms with Crippen LogP contribution in [0.5, 0.6) is 0 Å². The molecule has 1 aliphatic rings. The van der Waals surface area contributed by atoms with E-state index in [4.69, 9.17) is 9.15 Å². The molecule has 102 valence electrons. The molecule has 1 aliphatic carbocycles. The highest BCUT2D eigenvalue weighted by molar-refractivity contribution is 5.95. The molecule has 19 heavy (non-hydrogen) atoms. The van der Waals surface area contributed by atoms with Crippen molar-refractivity contribution in [2.24, 2.45) is 5.73 Å². The molecule has 0 saturated heterocycles. The molecule has 4 nitrogen and oxygen atoms in total. The van der Waals surface area contributed by atoms with Crippen molar-refractivity contribution in [3.63, 3.8) is 0 Å². The zero-order valence-electron chi connectivity index (χ0n) is 11.3. The van der Waals surface area contributed by atoms with Crippen LogP contribution in [-0.2, 0) is 4.74 Å². The Morgan fingerprint density at radius 2 is 2.21 bits per heavy atom. The Bertz CT molecular complexity index is 495. The summed E-state index contributed by atoms with van der Waals surface area (Å²) in [5.74, 6) is 0.228. The minimum atomic E-state index is -0.345. The predicted octanol–water partition coefficient (Wildman–Crippen LogP) is 2.93. The van der Waals surface area contributed by atoms with Crippen LogP contribution in [0.2, 0.25) is 0 Å². The number of ether oxygens (including phenoxy) is 1. The van der Waals surface area contributed by atoms with Gasteiger partial charge in [0.2, 0.25) is 0 Å². The van der Waals surface area contributed by atoms with E-state index >= 15 is 0 Å². The average molecular weight is 261 g/mol. The summed E-state index contributed by atoms with van der Waals surface area (Å²) in [7, 11) is 1.50. The lowest BCUT2D eigenvalue weighted by Crippen LogP contribution is -2.05. The summed E-state index contributed by atoms with van der Waals surface area (Å²) < 4.78 is 10.4. The van der Waals surface area contributed by atoms with Crippen LogP contribution in [0.25, 0.3) is 5.57 Å². The van der Waals surface area contributed by atoms with Crippen LogP contribution in [0, 0.1) is 0 Å². The molecule has 0 aliphatic heterocycles. The fourth-order valence-electron chi connectivity index (χ4n) is 1.65. The number of hydrogen-bond acceptors (Lipinski definition) is 4. The van der Waals surface area contributed by atoms with E-state index < -0.39 is 0 Å². The van der Waals surface area contributed by atoms with Crippen LogP contribution in [0.4, 0.5) is 0 Å². The van der Waals surface area contributed by atoms with Gasteiger partial charge < -0.3 is 14.9 Å². The van der Waals surface area contributed by atoms with Crippen molar-refractivity contribution < 1.29 is 13.9 Å². The van der Waals surface area contributed by atoms with Gasteiger partial charge in [-0.25, -0.2) is 4.79 Å². The summed E-state index contributed by atoms with van der Waals surface area (Å²) in [5, 5.41) is 0. The molecular weight excluding hydrogens is 242 g/mol. The normalized spacial score (nSPS) is 13.1. The maximum Gasteiger partial charge on any atom is 0.342 e. The van der Waals surface area contributed by atoms with Gasteiger partial charge in [-0.3, -0.25) is 0 Å². The number of furan rings is 1. The largest absolute Gasteiger partial charge is 0.463 e. The Balaban J connectivity index is 0.000000861. The summed E-state index contributed by atoms with van der Waals surface area (Å²) >= 11 is 0. The zero-order valence-corrected chi connectivity index (χ0v) is 11.3. The Labute approximate surface area is 113 Å². The van der Waals surface area contributed by atoms with Crippen LogP contribution in [0.15, 0.2) is 47.1 Å². The first-order chi connectivity index (χ1) is 9.33. The average Bonchev–Trinajstić information content (AvgIpc) is 2.77. The molecule has 2 rings (SSSR count). The van der Waals surface area contributed by atoms with Gasteiger partial charge in [-0.15, -0.1) is 0 Å². The van der Waals surface area contributed by atoms with Gasteiger partial charge in [0, 0.05) is 5.57 Å². The van der Waals surface area contributed by atoms with Gasteiger partial charge >= 0.3 is 5.97 Å². The molecule has 1 aromatic rings.